The number of anilines is 1. The molecule has 0 fully saturated rings. The molecule has 0 unspecified atom stereocenters. The first-order valence-electron chi connectivity index (χ1n) is 9.48. The second-order valence-corrected chi connectivity index (χ2v) is 7.06. The number of carbonyl (C=O) groups is 1. The smallest absolute Gasteiger partial charge is 0.251 e. The van der Waals surface area contributed by atoms with Crippen LogP contribution in [0.3, 0.4) is 0 Å². The maximum Gasteiger partial charge on any atom is 0.251 e. The van der Waals surface area contributed by atoms with Gasteiger partial charge in [0, 0.05) is 25.1 Å². The lowest BCUT2D eigenvalue weighted by Gasteiger charge is -2.10. The van der Waals surface area contributed by atoms with E-state index in [1.54, 1.807) is 4.52 Å². The zero-order valence-electron chi connectivity index (χ0n) is 16.6. The predicted octanol–water partition coefficient (Wildman–Crippen LogP) is 1.77. The molecule has 3 aromatic rings. The van der Waals surface area contributed by atoms with Crippen LogP contribution in [0.15, 0.2) is 36.4 Å². The highest BCUT2D eigenvalue weighted by molar-refractivity contribution is 5.94. The van der Waals surface area contributed by atoms with Crippen LogP contribution in [0.25, 0.3) is 5.65 Å². The Labute approximate surface area is 165 Å². The lowest BCUT2D eigenvalue weighted by atomic mass is 10.1. The van der Waals surface area contributed by atoms with Gasteiger partial charge in [-0.25, -0.2) is 0 Å². The van der Waals surface area contributed by atoms with Gasteiger partial charge in [0.1, 0.15) is 5.82 Å². The Morgan fingerprint density at radius 2 is 2.00 bits per heavy atom. The fourth-order valence-electron chi connectivity index (χ4n) is 2.87. The maximum atomic E-state index is 12.3. The number of hydrogen-bond donors (Lipinski definition) is 2. The number of carbonyl (C=O) groups excluding carboxylic acids is 1. The molecule has 0 aliphatic rings. The lowest BCUT2D eigenvalue weighted by molar-refractivity contribution is 0.0954. The van der Waals surface area contributed by atoms with Crippen molar-refractivity contribution >= 4 is 17.4 Å². The van der Waals surface area contributed by atoms with Crippen LogP contribution in [0.5, 0.6) is 0 Å². The average Bonchev–Trinajstić information content (AvgIpc) is 3.07. The second kappa shape index (κ2) is 9.27. The maximum absolute atomic E-state index is 12.3. The summed E-state index contributed by atoms with van der Waals surface area (Å²) in [6, 6.07) is 11.3. The van der Waals surface area contributed by atoms with Crippen molar-refractivity contribution in [3.63, 3.8) is 0 Å². The highest BCUT2D eigenvalue weighted by Crippen LogP contribution is 2.08. The SMILES string of the molecule is Cc1cccc(C(=O)NCCc2nnc3ccc(NCCCN(C)C)nn23)c1. The zero-order valence-corrected chi connectivity index (χ0v) is 16.6. The summed E-state index contributed by atoms with van der Waals surface area (Å²) in [5.74, 6) is 1.42. The molecule has 28 heavy (non-hydrogen) atoms. The van der Waals surface area contributed by atoms with Crippen LogP contribution in [-0.4, -0.2) is 64.3 Å². The van der Waals surface area contributed by atoms with E-state index in [9.17, 15) is 4.79 Å². The molecular weight excluding hydrogens is 354 g/mol. The third-order valence-electron chi connectivity index (χ3n) is 4.33. The third-order valence-corrected chi connectivity index (χ3v) is 4.33. The Kier molecular flexibility index (Phi) is 6.54. The molecule has 0 bridgehead atoms. The van der Waals surface area contributed by atoms with Crippen molar-refractivity contribution in [1.29, 1.82) is 0 Å². The molecule has 0 saturated heterocycles. The molecule has 8 nitrogen and oxygen atoms in total. The van der Waals surface area contributed by atoms with Crippen molar-refractivity contribution in [3.8, 4) is 0 Å². The van der Waals surface area contributed by atoms with Crippen LogP contribution >= 0.6 is 0 Å². The molecule has 0 atom stereocenters. The minimum absolute atomic E-state index is 0.0891. The van der Waals surface area contributed by atoms with Crippen molar-refractivity contribution < 1.29 is 4.79 Å². The standard InChI is InChI=1S/C20H27N7O/c1-15-6-4-7-16(14-15)20(28)22-12-10-19-24-23-18-9-8-17(25-27(18)19)21-11-5-13-26(2)3/h4,6-9,14H,5,10-13H2,1-3H3,(H,21,25)(H,22,28). The Morgan fingerprint density at radius 3 is 2.79 bits per heavy atom. The number of fused-ring (bicyclic) bond motifs is 1. The number of hydrogen-bond acceptors (Lipinski definition) is 6. The van der Waals surface area contributed by atoms with Gasteiger partial charge in [0.25, 0.3) is 5.91 Å². The van der Waals surface area contributed by atoms with Crippen molar-refractivity contribution in [1.82, 2.24) is 30.0 Å². The van der Waals surface area contributed by atoms with Gasteiger partial charge in [-0.3, -0.25) is 4.79 Å². The molecule has 2 heterocycles. The Hall–Kier alpha value is -3.00. The van der Waals surface area contributed by atoms with Gasteiger partial charge in [0.2, 0.25) is 0 Å². The molecule has 2 aromatic heterocycles. The Morgan fingerprint density at radius 1 is 1.14 bits per heavy atom. The van der Waals surface area contributed by atoms with Gasteiger partial charge < -0.3 is 15.5 Å². The summed E-state index contributed by atoms with van der Waals surface area (Å²) in [7, 11) is 4.12. The first-order valence-corrected chi connectivity index (χ1v) is 9.48. The van der Waals surface area contributed by atoms with E-state index in [4.69, 9.17) is 0 Å². The summed E-state index contributed by atoms with van der Waals surface area (Å²) in [4.78, 5) is 14.4. The first-order chi connectivity index (χ1) is 13.5. The lowest BCUT2D eigenvalue weighted by Crippen LogP contribution is -2.26. The molecular formula is C20H27N7O. The van der Waals surface area contributed by atoms with Gasteiger partial charge in [-0.1, -0.05) is 17.7 Å². The molecule has 2 N–H and O–H groups in total. The summed E-state index contributed by atoms with van der Waals surface area (Å²) >= 11 is 0. The Balaban J connectivity index is 1.57. The number of benzene rings is 1. The second-order valence-electron chi connectivity index (χ2n) is 7.06. The van der Waals surface area contributed by atoms with E-state index in [2.05, 4.69) is 44.9 Å². The number of aromatic nitrogens is 4. The zero-order chi connectivity index (χ0) is 19.9. The van der Waals surface area contributed by atoms with Crippen molar-refractivity contribution in [2.75, 3.05) is 39.0 Å². The van der Waals surface area contributed by atoms with E-state index in [1.165, 1.54) is 0 Å². The van der Waals surface area contributed by atoms with Crippen LogP contribution < -0.4 is 10.6 Å². The van der Waals surface area contributed by atoms with Gasteiger partial charge in [0.15, 0.2) is 11.5 Å². The number of rotatable bonds is 9. The van der Waals surface area contributed by atoms with Gasteiger partial charge in [-0.2, -0.15) is 4.52 Å². The van der Waals surface area contributed by atoms with Crippen LogP contribution in [0.4, 0.5) is 5.82 Å². The highest BCUT2D eigenvalue weighted by Gasteiger charge is 2.09. The van der Waals surface area contributed by atoms with E-state index in [0.29, 0.717) is 24.2 Å². The van der Waals surface area contributed by atoms with E-state index >= 15 is 0 Å². The van der Waals surface area contributed by atoms with Gasteiger partial charge in [-0.05, 0) is 58.3 Å². The normalized spacial score (nSPS) is 11.1. The van der Waals surface area contributed by atoms with Crippen molar-refractivity contribution in [3.05, 3.63) is 53.3 Å². The molecule has 0 aliphatic carbocycles. The predicted molar refractivity (Wildman–Crippen MR) is 110 cm³/mol. The summed E-state index contributed by atoms with van der Waals surface area (Å²) < 4.78 is 1.73. The number of nitrogens with one attached hydrogen (secondary N) is 2. The monoisotopic (exact) mass is 381 g/mol. The summed E-state index contributed by atoms with van der Waals surface area (Å²) in [6.45, 7) is 4.31. The summed E-state index contributed by atoms with van der Waals surface area (Å²) in [5.41, 5.74) is 2.42. The topological polar surface area (TPSA) is 87.4 Å². The minimum Gasteiger partial charge on any atom is -0.369 e. The first kappa shape index (κ1) is 19.8. The van der Waals surface area contributed by atoms with Crippen LogP contribution in [0.1, 0.15) is 28.2 Å². The average molecular weight is 381 g/mol. The number of aryl methyl sites for hydroxylation is 1. The highest BCUT2D eigenvalue weighted by atomic mass is 16.1. The number of nitrogens with zero attached hydrogens (tertiary/aromatic N) is 5. The van der Waals surface area contributed by atoms with Crippen molar-refractivity contribution in [2.45, 2.75) is 19.8 Å². The van der Waals surface area contributed by atoms with E-state index < -0.39 is 0 Å². The van der Waals surface area contributed by atoms with Crippen LogP contribution in [0, 0.1) is 6.92 Å². The van der Waals surface area contributed by atoms with Crippen LogP contribution in [0.2, 0.25) is 0 Å². The third kappa shape index (κ3) is 5.26. The molecule has 1 aromatic carbocycles. The fraction of sp³-hybridized carbons (Fsp3) is 0.400. The molecule has 3 rings (SSSR count). The van der Waals surface area contributed by atoms with Gasteiger partial charge in [0.05, 0.1) is 0 Å². The largest absolute Gasteiger partial charge is 0.369 e. The van der Waals surface area contributed by atoms with Gasteiger partial charge in [-0.15, -0.1) is 15.3 Å². The quantitative estimate of drug-likeness (QED) is 0.549. The molecule has 148 valence electrons. The molecule has 0 radical (unpaired) electrons. The van der Waals surface area contributed by atoms with E-state index in [1.807, 2.05) is 43.3 Å². The summed E-state index contributed by atoms with van der Waals surface area (Å²) in [5, 5.41) is 19.2. The van der Waals surface area contributed by atoms with E-state index in [-0.39, 0.29) is 5.91 Å². The van der Waals surface area contributed by atoms with E-state index in [0.717, 1.165) is 36.7 Å². The molecule has 0 saturated carbocycles. The molecule has 0 spiro atoms. The molecule has 0 aliphatic heterocycles. The minimum atomic E-state index is -0.0891. The Bertz CT molecular complexity index is 935. The molecule has 1 amide bonds. The number of amides is 1. The summed E-state index contributed by atoms with van der Waals surface area (Å²) in [6.07, 6.45) is 1.59. The van der Waals surface area contributed by atoms with Crippen molar-refractivity contribution in [2.24, 2.45) is 0 Å². The van der Waals surface area contributed by atoms with Crippen LogP contribution in [-0.2, 0) is 6.42 Å². The van der Waals surface area contributed by atoms with Gasteiger partial charge >= 0.3 is 0 Å². The fourth-order valence-corrected chi connectivity index (χ4v) is 2.87. The molecule has 8 heteroatoms.